The number of carbonyl (C=O) groups excluding carboxylic acids is 3. The summed E-state index contributed by atoms with van der Waals surface area (Å²) in [7, 11) is 0. The molecule has 0 radical (unpaired) electrons. The van der Waals surface area contributed by atoms with Gasteiger partial charge in [-0.2, -0.15) is 0 Å². The van der Waals surface area contributed by atoms with Crippen LogP contribution in [0.2, 0.25) is 0 Å². The Morgan fingerprint density at radius 1 is 1.15 bits per heavy atom. The molecule has 1 aromatic carbocycles. The van der Waals surface area contributed by atoms with Crippen LogP contribution in [0, 0.1) is 0 Å². The van der Waals surface area contributed by atoms with E-state index < -0.39 is 42.0 Å². The fourth-order valence-electron chi connectivity index (χ4n) is 3.87. The number of carboxylic acids is 1. The van der Waals surface area contributed by atoms with Crippen LogP contribution in [0.5, 0.6) is 0 Å². The minimum absolute atomic E-state index is 0.121. The molecule has 3 amide bonds. The van der Waals surface area contributed by atoms with E-state index in [0.717, 1.165) is 18.4 Å². The highest BCUT2D eigenvalue weighted by molar-refractivity contribution is 5.94. The molecule has 2 rings (SSSR count). The van der Waals surface area contributed by atoms with Crippen molar-refractivity contribution >= 4 is 23.7 Å². The van der Waals surface area contributed by atoms with Gasteiger partial charge in [0.15, 0.2) is 0 Å². The Hall–Kier alpha value is -2.98. The van der Waals surface area contributed by atoms with Crippen LogP contribution in [0.3, 0.4) is 0 Å². The van der Waals surface area contributed by atoms with E-state index in [2.05, 4.69) is 10.6 Å². The Kier molecular flexibility index (Phi) is 10.3. The fraction of sp³-hybridized carbons (Fsp3) is 0.565. The van der Waals surface area contributed by atoms with E-state index in [-0.39, 0.29) is 12.3 Å². The number of carbonyl (C=O) groups is 4. The quantitative estimate of drug-likeness (QED) is 0.267. The molecule has 4 atom stereocenters. The number of nitrogens with one attached hydrogen (secondary N) is 2. The third kappa shape index (κ3) is 7.83. The molecule has 182 valence electrons. The molecule has 0 bridgehead atoms. The van der Waals surface area contributed by atoms with Gasteiger partial charge in [0, 0.05) is 13.0 Å². The number of rotatable bonds is 12. The second-order valence-corrected chi connectivity index (χ2v) is 8.40. The highest BCUT2D eigenvalue weighted by atomic mass is 16.4. The first-order valence-corrected chi connectivity index (χ1v) is 11.4. The third-order valence-corrected chi connectivity index (χ3v) is 5.77. The summed E-state index contributed by atoms with van der Waals surface area (Å²) in [6.07, 6.45) is 3.27. The number of hydrogen-bond acceptors (Lipinski definition) is 6. The highest BCUT2D eigenvalue weighted by Crippen LogP contribution is 2.19. The van der Waals surface area contributed by atoms with Crippen LogP contribution >= 0.6 is 0 Å². The first kappa shape index (κ1) is 26.3. The number of aliphatic carboxylic acids is 1. The van der Waals surface area contributed by atoms with Crippen LogP contribution in [0.4, 0.5) is 0 Å². The zero-order valence-corrected chi connectivity index (χ0v) is 19.0. The van der Waals surface area contributed by atoms with E-state index in [0.29, 0.717) is 32.4 Å². The van der Waals surface area contributed by atoms with Crippen LogP contribution in [0.25, 0.3) is 0 Å². The van der Waals surface area contributed by atoms with E-state index in [9.17, 15) is 24.3 Å². The third-order valence-electron chi connectivity index (χ3n) is 5.77. The van der Waals surface area contributed by atoms with Gasteiger partial charge in [0.1, 0.15) is 18.1 Å². The van der Waals surface area contributed by atoms with Crippen molar-refractivity contribution in [2.75, 3.05) is 13.1 Å². The second kappa shape index (κ2) is 12.9. The lowest BCUT2D eigenvalue weighted by molar-refractivity contribution is -0.143. The summed E-state index contributed by atoms with van der Waals surface area (Å²) < 4.78 is 0. The molecule has 1 saturated heterocycles. The summed E-state index contributed by atoms with van der Waals surface area (Å²) in [6.45, 7) is 2.44. The standard InChI is InChI=1S/C23H35N5O5/c1-15(20(29)27-18(23(32)33)14-16-8-3-2-4-9-16)26-21(30)19-11-7-13-28(19)22(31)17(25)10-5-6-12-24/h2-4,8-9,15,17-19H,5-7,10-14,24-25H2,1H3,(H,26,30)(H,27,29)(H,32,33). The van der Waals surface area contributed by atoms with Crippen molar-refractivity contribution in [2.45, 2.75) is 69.6 Å². The largest absolute Gasteiger partial charge is 0.480 e. The number of nitrogens with two attached hydrogens (primary N) is 2. The van der Waals surface area contributed by atoms with Crippen molar-refractivity contribution < 1.29 is 24.3 Å². The molecule has 1 aliphatic rings. The normalized spacial score (nSPS) is 18.3. The maximum Gasteiger partial charge on any atom is 0.326 e. The average Bonchev–Trinajstić information content (AvgIpc) is 3.28. The molecule has 10 nitrogen and oxygen atoms in total. The zero-order chi connectivity index (χ0) is 24.4. The first-order chi connectivity index (χ1) is 15.7. The Morgan fingerprint density at radius 3 is 2.48 bits per heavy atom. The van der Waals surface area contributed by atoms with Crippen LogP contribution in [0.15, 0.2) is 30.3 Å². The van der Waals surface area contributed by atoms with E-state index in [4.69, 9.17) is 11.5 Å². The van der Waals surface area contributed by atoms with Gasteiger partial charge < -0.3 is 32.1 Å². The zero-order valence-electron chi connectivity index (χ0n) is 19.0. The molecule has 10 heteroatoms. The van der Waals surface area contributed by atoms with Gasteiger partial charge in [-0.1, -0.05) is 36.8 Å². The van der Waals surface area contributed by atoms with Gasteiger partial charge in [0.2, 0.25) is 17.7 Å². The number of nitrogens with zero attached hydrogens (tertiary/aromatic N) is 1. The summed E-state index contributed by atoms with van der Waals surface area (Å²) in [5.41, 5.74) is 12.3. The van der Waals surface area contributed by atoms with Crippen LogP contribution in [-0.4, -0.2) is 71.0 Å². The van der Waals surface area contributed by atoms with Crippen LogP contribution in [0.1, 0.15) is 44.6 Å². The Morgan fingerprint density at radius 2 is 1.85 bits per heavy atom. The maximum atomic E-state index is 12.8. The summed E-state index contributed by atoms with van der Waals surface area (Å²) in [5.74, 6) is -2.51. The molecular formula is C23H35N5O5. The lowest BCUT2D eigenvalue weighted by Crippen LogP contribution is -2.56. The summed E-state index contributed by atoms with van der Waals surface area (Å²) >= 11 is 0. The molecule has 1 heterocycles. The van der Waals surface area contributed by atoms with E-state index in [1.165, 1.54) is 11.8 Å². The van der Waals surface area contributed by atoms with E-state index >= 15 is 0 Å². The van der Waals surface area contributed by atoms with E-state index in [1.54, 1.807) is 24.3 Å². The summed E-state index contributed by atoms with van der Waals surface area (Å²) in [5, 5.41) is 14.6. The van der Waals surface area contributed by atoms with Crippen molar-refractivity contribution in [3.63, 3.8) is 0 Å². The average molecular weight is 462 g/mol. The maximum absolute atomic E-state index is 12.8. The molecule has 0 aliphatic carbocycles. The minimum atomic E-state index is -1.16. The number of unbranched alkanes of at least 4 members (excludes halogenated alkanes) is 1. The second-order valence-electron chi connectivity index (χ2n) is 8.40. The van der Waals surface area contributed by atoms with Crippen molar-refractivity contribution in [3.8, 4) is 0 Å². The SMILES string of the molecule is CC(NC(=O)C1CCCN1C(=O)C(N)CCCCN)C(=O)NC(Cc1ccccc1)C(=O)O. The van der Waals surface area contributed by atoms with Crippen molar-refractivity contribution in [3.05, 3.63) is 35.9 Å². The molecule has 1 aliphatic heterocycles. The molecule has 4 unspecified atom stereocenters. The molecule has 0 aromatic heterocycles. The van der Waals surface area contributed by atoms with E-state index in [1.807, 2.05) is 6.07 Å². The van der Waals surface area contributed by atoms with Crippen molar-refractivity contribution in [1.82, 2.24) is 15.5 Å². The van der Waals surface area contributed by atoms with Crippen LogP contribution < -0.4 is 22.1 Å². The molecule has 7 N–H and O–H groups in total. The molecule has 1 fully saturated rings. The van der Waals surface area contributed by atoms with Gasteiger partial charge in [0.25, 0.3) is 0 Å². The minimum Gasteiger partial charge on any atom is -0.480 e. The predicted octanol–water partition coefficient (Wildman–Crippen LogP) is -0.249. The van der Waals surface area contributed by atoms with Gasteiger partial charge in [-0.05, 0) is 44.7 Å². The highest BCUT2D eigenvalue weighted by Gasteiger charge is 2.37. The Labute approximate surface area is 194 Å². The predicted molar refractivity (Wildman–Crippen MR) is 123 cm³/mol. The molecular weight excluding hydrogens is 426 g/mol. The molecule has 33 heavy (non-hydrogen) atoms. The van der Waals surface area contributed by atoms with Crippen LogP contribution in [-0.2, 0) is 25.6 Å². The van der Waals surface area contributed by atoms with Gasteiger partial charge >= 0.3 is 5.97 Å². The molecule has 1 aromatic rings. The van der Waals surface area contributed by atoms with Gasteiger partial charge in [-0.15, -0.1) is 0 Å². The topological polar surface area (TPSA) is 168 Å². The van der Waals surface area contributed by atoms with Gasteiger partial charge in [-0.3, -0.25) is 14.4 Å². The number of benzene rings is 1. The van der Waals surface area contributed by atoms with Crippen molar-refractivity contribution in [2.24, 2.45) is 11.5 Å². The number of hydrogen-bond donors (Lipinski definition) is 5. The monoisotopic (exact) mass is 461 g/mol. The number of likely N-dealkylation sites (tertiary alicyclic amines) is 1. The Bertz CT molecular complexity index is 819. The lowest BCUT2D eigenvalue weighted by atomic mass is 10.1. The van der Waals surface area contributed by atoms with Gasteiger partial charge in [-0.25, -0.2) is 4.79 Å². The van der Waals surface area contributed by atoms with Crippen molar-refractivity contribution in [1.29, 1.82) is 0 Å². The van der Waals surface area contributed by atoms with Gasteiger partial charge in [0.05, 0.1) is 6.04 Å². The Balaban J connectivity index is 1.92. The molecule has 0 spiro atoms. The number of carboxylic acid groups (broad SMARTS) is 1. The molecule has 0 saturated carbocycles. The summed E-state index contributed by atoms with van der Waals surface area (Å²) in [4.78, 5) is 51.2. The lowest BCUT2D eigenvalue weighted by Gasteiger charge is -2.28. The first-order valence-electron chi connectivity index (χ1n) is 11.4. The fourth-order valence-corrected chi connectivity index (χ4v) is 3.87. The summed E-state index contributed by atoms with van der Waals surface area (Å²) in [6, 6.07) is 5.46. The number of amides is 3. The smallest absolute Gasteiger partial charge is 0.326 e.